The second-order valence-corrected chi connectivity index (χ2v) is 8.50. The molecule has 164 valence electrons. The molecule has 0 unspecified atom stereocenters. The summed E-state index contributed by atoms with van der Waals surface area (Å²) in [5.74, 6) is 0.871. The molecule has 0 spiro atoms. The van der Waals surface area contributed by atoms with Crippen molar-refractivity contribution < 1.29 is 4.74 Å². The number of unbranched alkanes of at least 4 members (excludes halogenated alkanes) is 17. The zero-order chi connectivity index (χ0) is 20.8. The molecule has 0 bridgehead atoms. The molecule has 2 heteroatoms. The molecule has 1 aromatic carbocycles. The van der Waals surface area contributed by atoms with E-state index in [1.807, 2.05) is 24.3 Å². The average molecular weight is 400 g/mol. The maximum atomic E-state index is 8.78. The summed E-state index contributed by atoms with van der Waals surface area (Å²) in [6.45, 7) is 3.07. The van der Waals surface area contributed by atoms with Crippen LogP contribution in [0.4, 0.5) is 0 Å². The Balaban J connectivity index is 1.73. The maximum absolute atomic E-state index is 8.78. The van der Waals surface area contributed by atoms with E-state index in [-0.39, 0.29) is 0 Å². The predicted molar refractivity (Wildman–Crippen MR) is 125 cm³/mol. The van der Waals surface area contributed by atoms with Crippen molar-refractivity contribution in [3.63, 3.8) is 0 Å². The number of rotatable bonds is 20. The normalized spacial score (nSPS) is 10.8. The zero-order valence-corrected chi connectivity index (χ0v) is 19.1. The summed E-state index contributed by atoms with van der Waals surface area (Å²) in [6.07, 6.45) is 25.2. The molecule has 0 heterocycles. The Hall–Kier alpha value is -1.49. The topological polar surface area (TPSA) is 33.0 Å². The third kappa shape index (κ3) is 16.0. The smallest absolute Gasteiger partial charge is 0.119 e. The lowest BCUT2D eigenvalue weighted by molar-refractivity contribution is 0.304. The van der Waals surface area contributed by atoms with Crippen molar-refractivity contribution in [2.24, 2.45) is 0 Å². The van der Waals surface area contributed by atoms with Gasteiger partial charge in [0.2, 0.25) is 0 Å². The van der Waals surface area contributed by atoms with Gasteiger partial charge < -0.3 is 4.74 Å². The van der Waals surface area contributed by atoms with Crippen LogP contribution < -0.4 is 4.74 Å². The molecule has 0 fully saturated rings. The van der Waals surface area contributed by atoms with Crippen LogP contribution in [-0.4, -0.2) is 6.61 Å². The summed E-state index contributed by atoms with van der Waals surface area (Å²) in [6, 6.07) is 9.51. The summed E-state index contributed by atoms with van der Waals surface area (Å²) in [5, 5.41) is 8.78. The van der Waals surface area contributed by atoms with Gasteiger partial charge in [-0.25, -0.2) is 0 Å². The Kier molecular flexibility index (Phi) is 17.5. The molecule has 0 aromatic heterocycles. The van der Waals surface area contributed by atoms with Gasteiger partial charge in [-0.2, -0.15) is 5.26 Å². The van der Waals surface area contributed by atoms with E-state index in [1.54, 1.807) is 0 Å². The second kappa shape index (κ2) is 19.8. The largest absolute Gasteiger partial charge is 0.494 e. The maximum Gasteiger partial charge on any atom is 0.119 e. The molecule has 0 aliphatic carbocycles. The molecule has 0 N–H and O–H groups in total. The third-order valence-electron chi connectivity index (χ3n) is 5.75. The summed E-state index contributed by atoms with van der Waals surface area (Å²) in [4.78, 5) is 0. The fraction of sp³-hybridized carbons (Fsp3) is 0.741. The number of nitrogens with zero attached hydrogens (tertiary/aromatic N) is 1. The quantitative estimate of drug-likeness (QED) is 0.205. The molecule has 0 aliphatic heterocycles. The Morgan fingerprint density at radius 2 is 0.966 bits per heavy atom. The fourth-order valence-corrected chi connectivity index (χ4v) is 3.82. The van der Waals surface area contributed by atoms with Crippen molar-refractivity contribution in [2.75, 3.05) is 6.61 Å². The molecule has 0 radical (unpaired) electrons. The van der Waals surface area contributed by atoms with Crippen LogP contribution in [0.5, 0.6) is 5.75 Å². The van der Waals surface area contributed by atoms with E-state index in [9.17, 15) is 0 Å². The zero-order valence-electron chi connectivity index (χ0n) is 19.1. The van der Waals surface area contributed by atoms with E-state index in [0.29, 0.717) is 5.56 Å². The monoisotopic (exact) mass is 399 g/mol. The number of hydrogen-bond donors (Lipinski definition) is 0. The van der Waals surface area contributed by atoms with Gasteiger partial charge in [-0.05, 0) is 30.7 Å². The molecule has 0 saturated heterocycles. The third-order valence-corrected chi connectivity index (χ3v) is 5.75. The Labute approximate surface area is 181 Å². The molecule has 0 amide bonds. The number of benzene rings is 1. The van der Waals surface area contributed by atoms with Crippen LogP contribution >= 0.6 is 0 Å². The van der Waals surface area contributed by atoms with E-state index >= 15 is 0 Å². The second-order valence-electron chi connectivity index (χ2n) is 8.50. The molecular weight excluding hydrogens is 354 g/mol. The number of hydrogen-bond acceptors (Lipinski definition) is 2. The van der Waals surface area contributed by atoms with Gasteiger partial charge in [0.1, 0.15) is 5.75 Å². The van der Waals surface area contributed by atoms with Gasteiger partial charge in [-0.1, -0.05) is 116 Å². The molecule has 2 nitrogen and oxygen atoms in total. The lowest BCUT2D eigenvalue weighted by Crippen LogP contribution is -1.97. The Morgan fingerprint density at radius 1 is 0.586 bits per heavy atom. The van der Waals surface area contributed by atoms with Gasteiger partial charge in [0, 0.05) is 0 Å². The Bertz CT molecular complexity index is 502. The minimum Gasteiger partial charge on any atom is -0.494 e. The van der Waals surface area contributed by atoms with Crippen LogP contribution in [0.2, 0.25) is 0 Å². The summed E-state index contributed by atoms with van der Waals surface area (Å²) in [7, 11) is 0. The highest BCUT2D eigenvalue weighted by molar-refractivity contribution is 5.34. The van der Waals surface area contributed by atoms with Gasteiger partial charge >= 0.3 is 0 Å². The number of nitriles is 1. The highest BCUT2D eigenvalue weighted by atomic mass is 16.5. The Morgan fingerprint density at radius 3 is 1.34 bits per heavy atom. The number of ether oxygens (including phenoxy) is 1. The van der Waals surface area contributed by atoms with Gasteiger partial charge in [0.25, 0.3) is 0 Å². The minimum atomic E-state index is 0.686. The fourth-order valence-electron chi connectivity index (χ4n) is 3.82. The summed E-state index contributed by atoms with van der Waals surface area (Å²) in [5.41, 5.74) is 0.686. The first kappa shape index (κ1) is 25.5. The lowest BCUT2D eigenvalue weighted by atomic mass is 10.0. The average Bonchev–Trinajstić information content (AvgIpc) is 2.75. The molecule has 1 rings (SSSR count). The van der Waals surface area contributed by atoms with Crippen molar-refractivity contribution in [3.8, 4) is 11.8 Å². The van der Waals surface area contributed by atoms with Crippen LogP contribution in [0.1, 0.15) is 128 Å². The van der Waals surface area contributed by atoms with Crippen molar-refractivity contribution >= 4 is 0 Å². The molecule has 1 aromatic rings. The van der Waals surface area contributed by atoms with Gasteiger partial charge in [0.05, 0.1) is 18.2 Å². The van der Waals surface area contributed by atoms with Crippen LogP contribution in [0.15, 0.2) is 24.3 Å². The van der Waals surface area contributed by atoms with Gasteiger partial charge in [-0.15, -0.1) is 0 Å². The van der Waals surface area contributed by atoms with Crippen LogP contribution in [-0.2, 0) is 0 Å². The minimum absolute atomic E-state index is 0.686. The van der Waals surface area contributed by atoms with Gasteiger partial charge in [0.15, 0.2) is 0 Å². The first-order valence-electron chi connectivity index (χ1n) is 12.5. The summed E-state index contributed by atoms with van der Waals surface area (Å²) >= 11 is 0. The van der Waals surface area contributed by atoms with Crippen molar-refractivity contribution in [2.45, 2.75) is 122 Å². The van der Waals surface area contributed by atoms with E-state index in [4.69, 9.17) is 10.00 Å². The van der Waals surface area contributed by atoms with Crippen molar-refractivity contribution in [1.29, 1.82) is 5.26 Å². The highest BCUT2D eigenvalue weighted by Crippen LogP contribution is 2.15. The lowest BCUT2D eigenvalue weighted by Gasteiger charge is -2.06. The van der Waals surface area contributed by atoms with Crippen molar-refractivity contribution in [1.82, 2.24) is 0 Å². The predicted octanol–water partition coefficient (Wildman–Crippen LogP) is 8.98. The van der Waals surface area contributed by atoms with Crippen LogP contribution in [0.25, 0.3) is 0 Å². The molecular formula is C27H45NO. The van der Waals surface area contributed by atoms with E-state index in [2.05, 4.69) is 13.0 Å². The summed E-state index contributed by atoms with van der Waals surface area (Å²) < 4.78 is 5.72. The SMILES string of the molecule is CCCCCCCCCCCCCCCCCCCCOc1ccc(C#N)cc1. The molecule has 0 aliphatic rings. The van der Waals surface area contributed by atoms with Crippen LogP contribution in [0, 0.1) is 11.3 Å². The van der Waals surface area contributed by atoms with E-state index < -0.39 is 0 Å². The molecule has 0 saturated carbocycles. The van der Waals surface area contributed by atoms with Crippen molar-refractivity contribution in [3.05, 3.63) is 29.8 Å². The first-order chi connectivity index (χ1) is 14.4. The first-order valence-corrected chi connectivity index (χ1v) is 12.5. The molecule has 0 atom stereocenters. The van der Waals surface area contributed by atoms with E-state index in [0.717, 1.165) is 18.8 Å². The van der Waals surface area contributed by atoms with Gasteiger partial charge in [-0.3, -0.25) is 0 Å². The standard InChI is InChI=1S/C27H45NO/c1-2-3-4-5-6-7-8-9-10-11-12-13-14-15-16-17-18-19-24-29-27-22-20-26(25-28)21-23-27/h20-23H,2-19,24H2,1H3. The molecule has 29 heavy (non-hydrogen) atoms. The van der Waals surface area contributed by atoms with E-state index in [1.165, 1.54) is 109 Å². The highest BCUT2D eigenvalue weighted by Gasteiger charge is 1.97. The van der Waals surface area contributed by atoms with Crippen LogP contribution in [0.3, 0.4) is 0 Å².